The van der Waals surface area contributed by atoms with Crippen molar-refractivity contribution in [3.05, 3.63) is 24.3 Å². The number of oxazole rings is 1. The van der Waals surface area contributed by atoms with Crippen LogP contribution in [0.1, 0.15) is 13.3 Å². The fourth-order valence-corrected chi connectivity index (χ4v) is 1.75. The van der Waals surface area contributed by atoms with E-state index in [9.17, 15) is 4.79 Å². The summed E-state index contributed by atoms with van der Waals surface area (Å²) in [5.41, 5.74) is 1.32. The van der Waals surface area contributed by atoms with Gasteiger partial charge in [0.1, 0.15) is 11.9 Å². The van der Waals surface area contributed by atoms with Crippen LogP contribution in [-0.2, 0) is 9.53 Å². The van der Waals surface area contributed by atoms with Crippen LogP contribution in [0.3, 0.4) is 0 Å². The largest absolute Gasteiger partial charge is 0.480 e. The number of carbonyl (C=O) groups is 1. The molecular weight excluding hydrogens is 234 g/mol. The van der Waals surface area contributed by atoms with Gasteiger partial charge < -0.3 is 9.15 Å². The maximum atomic E-state index is 11.8. The lowest BCUT2D eigenvalue weighted by Gasteiger charge is -2.03. The van der Waals surface area contributed by atoms with Crippen molar-refractivity contribution in [2.45, 2.75) is 13.3 Å². The van der Waals surface area contributed by atoms with Gasteiger partial charge in [0.05, 0.1) is 6.61 Å². The molecule has 1 aromatic carbocycles. The van der Waals surface area contributed by atoms with Crippen LogP contribution in [0.5, 0.6) is 0 Å². The summed E-state index contributed by atoms with van der Waals surface area (Å²) in [6, 6.07) is 7.49. The highest BCUT2D eigenvalue weighted by Crippen LogP contribution is 2.24. The minimum absolute atomic E-state index is 0.145. The molecule has 0 aliphatic carbocycles. The second-order valence-corrected chi connectivity index (χ2v) is 3.77. The molecule has 0 radical (unpaired) electrons. The van der Waals surface area contributed by atoms with E-state index < -0.39 is 0 Å². The van der Waals surface area contributed by atoms with Gasteiger partial charge in [-0.15, -0.1) is 10.1 Å². The summed E-state index contributed by atoms with van der Waals surface area (Å²) in [6.45, 7) is 2.32. The standard InChI is InChI=1S/C12H11N3O3/c1-2-17-10-7-11(16)15(14-10)12-13-8-5-3-4-6-9(8)18-12/h3-6H,2,7H2,1H3. The van der Waals surface area contributed by atoms with Gasteiger partial charge in [-0.05, 0) is 19.1 Å². The predicted molar refractivity (Wildman–Crippen MR) is 65.2 cm³/mol. The van der Waals surface area contributed by atoms with Crippen molar-refractivity contribution in [3.63, 3.8) is 0 Å². The van der Waals surface area contributed by atoms with Crippen LogP contribution in [0.25, 0.3) is 11.1 Å². The Morgan fingerprint density at radius 1 is 1.44 bits per heavy atom. The molecule has 6 nitrogen and oxygen atoms in total. The van der Waals surface area contributed by atoms with E-state index in [1.807, 2.05) is 25.1 Å². The maximum Gasteiger partial charge on any atom is 0.327 e. The number of amides is 1. The third-order valence-electron chi connectivity index (χ3n) is 2.52. The summed E-state index contributed by atoms with van der Waals surface area (Å²) in [7, 11) is 0. The van der Waals surface area contributed by atoms with E-state index in [1.54, 1.807) is 6.07 Å². The van der Waals surface area contributed by atoms with Crippen LogP contribution < -0.4 is 5.01 Å². The van der Waals surface area contributed by atoms with Crippen molar-refractivity contribution in [1.29, 1.82) is 0 Å². The highest BCUT2D eigenvalue weighted by Gasteiger charge is 2.29. The topological polar surface area (TPSA) is 67.9 Å². The number of benzene rings is 1. The number of rotatable bonds is 2. The molecule has 1 aliphatic heterocycles. The van der Waals surface area contributed by atoms with Gasteiger partial charge >= 0.3 is 6.01 Å². The first kappa shape index (κ1) is 10.8. The van der Waals surface area contributed by atoms with Gasteiger partial charge in [0, 0.05) is 0 Å². The molecule has 2 aromatic rings. The van der Waals surface area contributed by atoms with E-state index in [0.717, 1.165) is 5.01 Å². The SMILES string of the molecule is CCOC1=NN(c2nc3ccccc3o2)C(=O)C1. The van der Waals surface area contributed by atoms with Crippen LogP contribution in [0.4, 0.5) is 6.01 Å². The van der Waals surface area contributed by atoms with Gasteiger partial charge in [-0.2, -0.15) is 4.98 Å². The second kappa shape index (κ2) is 4.14. The molecule has 0 unspecified atom stereocenters. The fourth-order valence-electron chi connectivity index (χ4n) is 1.75. The number of hydrazone groups is 1. The number of fused-ring (bicyclic) bond motifs is 1. The highest BCUT2D eigenvalue weighted by atomic mass is 16.5. The molecule has 92 valence electrons. The number of hydrogen-bond donors (Lipinski definition) is 0. The van der Waals surface area contributed by atoms with Crippen molar-refractivity contribution < 1.29 is 13.9 Å². The van der Waals surface area contributed by atoms with Crippen molar-refractivity contribution in [3.8, 4) is 0 Å². The smallest absolute Gasteiger partial charge is 0.327 e. The molecular formula is C12H11N3O3. The van der Waals surface area contributed by atoms with Gasteiger partial charge in [-0.25, -0.2) is 0 Å². The summed E-state index contributed by atoms with van der Waals surface area (Å²) < 4.78 is 10.7. The number of nitrogens with zero attached hydrogens (tertiary/aromatic N) is 3. The summed E-state index contributed by atoms with van der Waals surface area (Å²) in [4.78, 5) is 16.0. The van der Waals surface area contributed by atoms with Crippen molar-refractivity contribution >= 4 is 28.9 Å². The van der Waals surface area contributed by atoms with Crippen LogP contribution in [0.15, 0.2) is 33.8 Å². The molecule has 0 fully saturated rings. The Balaban J connectivity index is 1.96. The predicted octanol–water partition coefficient (Wildman–Crippen LogP) is 1.91. The molecule has 3 rings (SSSR count). The molecule has 1 aliphatic rings. The van der Waals surface area contributed by atoms with E-state index in [2.05, 4.69) is 10.1 Å². The maximum absolute atomic E-state index is 11.8. The minimum atomic E-state index is -0.204. The number of anilines is 1. The molecule has 0 bridgehead atoms. The zero-order valence-electron chi connectivity index (χ0n) is 9.79. The van der Waals surface area contributed by atoms with Crippen molar-refractivity contribution in [1.82, 2.24) is 4.98 Å². The Bertz CT molecular complexity index is 599. The Morgan fingerprint density at radius 2 is 2.28 bits per heavy atom. The average Bonchev–Trinajstić information content (AvgIpc) is 2.92. The molecule has 0 saturated heterocycles. The molecule has 6 heteroatoms. The number of hydrogen-bond acceptors (Lipinski definition) is 5. The average molecular weight is 245 g/mol. The van der Waals surface area contributed by atoms with Gasteiger partial charge in [-0.1, -0.05) is 12.1 Å². The lowest BCUT2D eigenvalue weighted by Crippen LogP contribution is -2.19. The Labute approximate surface area is 103 Å². The van der Waals surface area contributed by atoms with E-state index in [0.29, 0.717) is 23.6 Å². The van der Waals surface area contributed by atoms with Gasteiger partial charge in [-0.3, -0.25) is 4.79 Å². The first-order valence-corrected chi connectivity index (χ1v) is 5.66. The Hall–Kier alpha value is -2.37. The molecule has 18 heavy (non-hydrogen) atoms. The zero-order valence-corrected chi connectivity index (χ0v) is 9.79. The number of aromatic nitrogens is 1. The van der Waals surface area contributed by atoms with Gasteiger partial charge in [0.25, 0.3) is 5.91 Å². The lowest BCUT2D eigenvalue weighted by atomic mass is 10.3. The number of ether oxygens (including phenoxy) is 1. The van der Waals surface area contributed by atoms with Crippen molar-refractivity contribution in [2.75, 3.05) is 11.6 Å². The van der Waals surface area contributed by atoms with Crippen molar-refractivity contribution in [2.24, 2.45) is 5.10 Å². The first-order chi connectivity index (χ1) is 8.78. The fraction of sp³-hybridized carbons (Fsp3) is 0.250. The summed E-state index contributed by atoms with van der Waals surface area (Å²) in [5.74, 6) is 0.190. The number of para-hydroxylation sites is 2. The second-order valence-electron chi connectivity index (χ2n) is 3.77. The van der Waals surface area contributed by atoms with E-state index >= 15 is 0 Å². The summed E-state index contributed by atoms with van der Waals surface area (Å²) in [5, 5.41) is 5.19. The number of carbonyl (C=O) groups excluding carboxylic acids is 1. The molecule has 1 aromatic heterocycles. The van der Waals surface area contributed by atoms with Crippen LogP contribution in [-0.4, -0.2) is 23.4 Å². The molecule has 0 saturated carbocycles. The summed E-state index contributed by atoms with van der Waals surface area (Å²) in [6.07, 6.45) is 0.145. The van der Waals surface area contributed by atoms with E-state index in [-0.39, 0.29) is 18.3 Å². The van der Waals surface area contributed by atoms with Crippen LogP contribution in [0.2, 0.25) is 0 Å². The zero-order chi connectivity index (χ0) is 12.5. The quantitative estimate of drug-likeness (QED) is 0.810. The molecule has 1 amide bonds. The van der Waals surface area contributed by atoms with E-state index in [1.165, 1.54) is 0 Å². The molecule has 0 atom stereocenters. The van der Waals surface area contributed by atoms with E-state index in [4.69, 9.17) is 9.15 Å². The van der Waals surface area contributed by atoms with Gasteiger partial charge in [0.2, 0.25) is 5.90 Å². The molecule has 0 N–H and O–H groups in total. The Morgan fingerprint density at radius 3 is 3.06 bits per heavy atom. The monoisotopic (exact) mass is 245 g/mol. The van der Waals surface area contributed by atoms with Crippen LogP contribution >= 0.6 is 0 Å². The molecule has 2 heterocycles. The lowest BCUT2D eigenvalue weighted by molar-refractivity contribution is -0.117. The summed E-state index contributed by atoms with van der Waals surface area (Å²) >= 11 is 0. The van der Waals surface area contributed by atoms with Gasteiger partial charge in [0.15, 0.2) is 5.58 Å². The Kier molecular flexibility index (Phi) is 2.47. The normalized spacial score (nSPS) is 15.3. The minimum Gasteiger partial charge on any atom is -0.480 e. The highest BCUT2D eigenvalue weighted by molar-refractivity contribution is 6.09. The molecule has 0 spiro atoms. The first-order valence-electron chi connectivity index (χ1n) is 5.66. The third-order valence-corrected chi connectivity index (χ3v) is 2.52. The third kappa shape index (κ3) is 1.71. The van der Waals surface area contributed by atoms with Crippen LogP contribution in [0, 0.1) is 0 Å².